The highest BCUT2D eigenvalue weighted by atomic mass is 32.1. The van der Waals surface area contributed by atoms with Gasteiger partial charge >= 0.3 is 0 Å². The predicted molar refractivity (Wildman–Crippen MR) is 76.1 cm³/mol. The maximum atomic E-state index is 12.7. The van der Waals surface area contributed by atoms with Gasteiger partial charge < -0.3 is 9.80 Å². The molecule has 1 aromatic rings. The summed E-state index contributed by atoms with van der Waals surface area (Å²) in [6.45, 7) is 3.22. The molecule has 2 aliphatic rings. The second-order valence-electron chi connectivity index (χ2n) is 5.40. The molecule has 6 heteroatoms. The van der Waals surface area contributed by atoms with Crippen molar-refractivity contribution in [2.75, 3.05) is 6.54 Å². The maximum Gasteiger partial charge on any atom is 0.246 e. The van der Waals surface area contributed by atoms with Crippen molar-refractivity contribution in [3.05, 3.63) is 16.6 Å². The summed E-state index contributed by atoms with van der Waals surface area (Å²) >= 11 is 1.53. The molecule has 20 heavy (non-hydrogen) atoms. The Bertz CT molecular complexity index is 503. The Balaban J connectivity index is 1.86. The summed E-state index contributed by atoms with van der Waals surface area (Å²) in [7, 11) is 0. The van der Waals surface area contributed by atoms with Crippen molar-refractivity contribution in [3.63, 3.8) is 0 Å². The molecule has 0 aliphatic carbocycles. The van der Waals surface area contributed by atoms with Crippen LogP contribution in [0.2, 0.25) is 0 Å². The number of hydrogen-bond acceptors (Lipinski definition) is 4. The van der Waals surface area contributed by atoms with Gasteiger partial charge in [0.05, 0.1) is 12.1 Å². The molecule has 108 valence electrons. The first kappa shape index (κ1) is 13.5. The van der Waals surface area contributed by atoms with Crippen LogP contribution in [0.15, 0.2) is 11.7 Å². The lowest BCUT2D eigenvalue weighted by atomic mass is 9.94. The highest BCUT2D eigenvalue weighted by Crippen LogP contribution is 2.29. The minimum absolute atomic E-state index is 0.115. The van der Waals surface area contributed by atoms with Crippen molar-refractivity contribution in [1.29, 1.82) is 0 Å². The third-order valence-corrected chi connectivity index (χ3v) is 4.98. The number of thiazole rings is 1. The van der Waals surface area contributed by atoms with Gasteiger partial charge in [-0.1, -0.05) is 6.92 Å². The summed E-state index contributed by atoms with van der Waals surface area (Å²) < 4.78 is 0. The largest absolute Gasteiger partial charge is 0.329 e. The molecule has 0 spiro atoms. The molecule has 0 radical (unpaired) electrons. The Morgan fingerprint density at radius 1 is 1.35 bits per heavy atom. The van der Waals surface area contributed by atoms with Crippen LogP contribution in [0.3, 0.4) is 0 Å². The number of rotatable bonds is 3. The number of piperidine rings is 1. The van der Waals surface area contributed by atoms with E-state index in [9.17, 15) is 9.59 Å². The van der Waals surface area contributed by atoms with Crippen LogP contribution in [-0.2, 0) is 16.1 Å². The van der Waals surface area contributed by atoms with E-state index in [0.29, 0.717) is 13.0 Å². The molecule has 0 N–H and O–H groups in total. The molecule has 2 fully saturated rings. The molecule has 2 aliphatic heterocycles. The van der Waals surface area contributed by atoms with Crippen LogP contribution in [0.1, 0.15) is 37.5 Å². The fourth-order valence-corrected chi connectivity index (χ4v) is 3.79. The normalized spacial score (nSPS) is 26.9. The number of aromatic nitrogens is 1. The zero-order valence-electron chi connectivity index (χ0n) is 11.6. The molecule has 0 bridgehead atoms. The molecule has 1 aromatic heterocycles. The van der Waals surface area contributed by atoms with E-state index in [2.05, 4.69) is 4.98 Å². The van der Waals surface area contributed by atoms with Crippen LogP contribution in [0.5, 0.6) is 0 Å². The lowest BCUT2D eigenvalue weighted by Gasteiger charge is -2.46. The molecule has 0 aromatic carbocycles. The van der Waals surface area contributed by atoms with Crippen LogP contribution in [0, 0.1) is 0 Å². The van der Waals surface area contributed by atoms with E-state index in [1.807, 2.05) is 11.8 Å². The minimum atomic E-state index is -0.307. The summed E-state index contributed by atoms with van der Waals surface area (Å²) in [6, 6.07) is -0.536. The molecular weight excluding hydrogens is 274 g/mol. The zero-order chi connectivity index (χ0) is 14.1. The van der Waals surface area contributed by atoms with Crippen LogP contribution in [-0.4, -0.2) is 45.2 Å². The molecular formula is C14H19N3O2S. The number of nitrogens with zero attached hydrogens (tertiary/aromatic N) is 3. The van der Waals surface area contributed by atoms with Crippen molar-refractivity contribution in [2.24, 2.45) is 0 Å². The Hall–Kier alpha value is -1.43. The van der Waals surface area contributed by atoms with Gasteiger partial charge in [0, 0.05) is 17.6 Å². The van der Waals surface area contributed by atoms with E-state index in [1.165, 1.54) is 11.3 Å². The first-order valence-corrected chi connectivity index (χ1v) is 8.08. The van der Waals surface area contributed by atoms with Crippen molar-refractivity contribution >= 4 is 23.2 Å². The second kappa shape index (κ2) is 5.52. The SMILES string of the molecule is CCC1C(=O)N2CCCCC2C(=O)N1Cc1cncs1. The van der Waals surface area contributed by atoms with Gasteiger partial charge in [0.15, 0.2) is 0 Å². The van der Waals surface area contributed by atoms with Crippen LogP contribution >= 0.6 is 11.3 Å². The van der Waals surface area contributed by atoms with Crippen molar-refractivity contribution < 1.29 is 9.59 Å². The topological polar surface area (TPSA) is 53.5 Å². The molecule has 5 nitrogen and oxygen atoms in total. The van der Waals surface area contributed by atoms with Gasteiger partial charge in [0.2, 0.25) is 11.8 Å². The second-order valence-corrected chi connectivity index (χ2v) is 6.37. The first-order valence-electron chi connectivity index (χ1n) is 7.20. The van der Waals surface area contributed by atoms with Crippen molar-refractivity contribution in [1.82, 2.24) is 14.8 Å². The third kappa shape index (κ3) is 2.22. The number of hydrogen-bond donors (Lipinski definition) is 0. The Morgan fingerprint density at radius 2 is 2.20 bits per heavy atom. The highest BCUT2D eigenvalue weighted by Gasteiger charge is 2.45. The monoisotopic (exact) mass is 293 g/mol. The van der Waals surface area contributed by atoms with Gasteiger partial charge in [-0.15, -0.1) is 11.3 Å². The quantitative estimate of drug-likeness (QED) is 0.851. The van der Waals surface area contributed by atoms with Gasteiger partial charge in [-0.05, 0) is 25.7 Å². The fourth-order valence-electron chi connectivity index (χ4n) is 3.19. The average Bonchev–Trinajstić information content (AvgIpc) is 2.98. The molecule has 2 amide bonds. The molecule has 2 unspecified atom stereocenters. The van der Waals surface area contributed by atoms with Gasteiger partial charge in [0.25, 0.3) is 0 Å². The van der Waals surface area contributed by atoms with Gasteiger partial charge in [-0.2, -0.15) is 0 Å². The summed E-state index contributed by atoms with van der Waals surface area (Å²) in [4.78, 5) is 34.0. The third-order valence-electron chi connectivity index (χ3n) is 4.21. The number of carbonyl (C=O) groups excluding carboxylic acids is 2. The highest BCUT2D eigenvalue weighted by molar-refractivity contribution is 7.09. The van der Waals surface area contributed by atoms with Crippen LogP contribution < -0.4 is 0 Å². The van der Waals surface area contributed by atoms with Crippen molar-refractivity contribution in [2.45, 2.75) is 51.2 Å². The number of carbonyl (C=O) groups is 2. The number of piperazine rings is 1. The standard InChI is InChI=1S/C14H19N3O2S/c1-2-11-13(18)16-6-4-3-5-12(16)14(19)17(11)8-10-7-15-9-20-10/h7,9,11-12H,2-6,8H2,1H3. The maximum absolute atomic E-state index is 12.7. The van der Waals surface area contributed by atoms with E-state index in [0.717, 1.165) is 30.7 Å². The Kier molecular flexibility index (Phi) is 3.74. The molecule has 3 rings (SSSR count). The lowest BCUT2D eigenvalue weighted by molar-refractivity contribution is -0.164. The number of amides is 2. The minimum Gasteiger partial charge on any atom is -0.329 e. The van der Waals surface area contributed by atoms with E-state index in [4.69, 9.17) is 0 Å². The van der Waals surface area contributed by atoms with Crippen LogP contribution in [0.25, 0.3) is 0 Å². The van der Waals surface area contributed by atoms with E-state index in [-0.39, 0.29) is 23.9 Å². The van der Waals surface area contributed by atoms with E-state index in [1.54, 1.807) is 16.6 Å². The average molecular weight is 293 g/mol. The summed E-state index contributed by atoms with van der Waals surface area (Å²) in [5.41, 5.74) is 1.76. The van der Waals surface area contributed by atoms with Gasteiger partial charge in [0.1, 0.15) is 12.1 Å². The lowest BCUT2D eigenvalue weighted by Crippen LogP contribution is -2.65. The molecule has 3 heterocycles. The van der Waals surface area contributed by atoms with E-state index < -0.39 is 0 Å². The Morgan fingerprint density at radius 3 is 2.90 bits per heavy atom. The number of fused-ring (bicyclic) bond motifs is 1. The fraction of sp³-hybridized carbons (Fsp3) is 0.643. The van der Waals surface area contributed by atoms with Gasteiger partial charge in [-0.25, -0.2) is 0 Å². The Labute approximate surface area is 122 Å². The molecule has 2 saturated heterocycles. The van der Waals surface area contributed by atoms with Crippen LogP contribution in [0.4, 0.5) is 0 Å². The summed E-state index contributed by atoms with van der Waals surface area (Å²) in [5, 5.41) is 0. The first-order chi connectivity index (χ1) is 9.72. The van der Waals surface area contributed by atoms with Gasteiger partial charge in [-0.3, -0.25) is 14.6 Å². The summed E-state index contributed by atoms with van der Waals surface area (Å²) in [6.07, 6.45) is 5.31. The van der Waals surface area contributed by atoms with E-state index >= 15 is 0 Å². The summed E-state index contributed by atoms with van der Waals surface area (Å²) in [5.74, 6) is 0.242. The molecule has 0 saturated carbocycles. The molecule has 2 atom stereocenters. The van der Waals surface area contributed by atoms with Crippen molar-refractivity contribution in [3.8, 4) is 0 Å². The smallest absolute Gasteiger partial charge is 0.246 e. The zero-order valence-corrected chi connectivity index (χ0v) is 12.4. The predicted octanol–water partition coefficient (Wildman–Crippen LogP) is 1.64.